The van der Waals surface area contributed by atoms with E-state index in [0.29, 0.717) is 6.04 Å². The third kappa shape index (κ3) is 1.83. The van der Waals surface area contributed by atoms with Gasteiger partial charge in [-0.15, -0.1) is 0 Å². The Morgan fingerprint density at radius 2 is 2.14 bits per heavy atom. The minimum atomic E-state index is 0.516. The first-order valence-electron chi connectivity index (χ1n) is 5.62. The molecule has 0 fully saturated rings. The van der Waals surface area contributed by atoms with Gasteiger partial charge in [-0.25, -0.2) is 0 Å². The number of rotatable bonds is 1. The van der Waals surface area contributed by atoms with Crippen LogP contribution in [0.15, 0.2) is 24.3 Å². The standard InChI is InChI=1S/C13H19N/c1-3-11-8-12-6-4-5-7-13(12)10(2)14-9-11/h4-7,10-11,14H,3,8-9H2,1-2H3. The van der Waals surface area contributed by atoms with Crippen LogP contribution in [0.3, 0.4) is 0 Å². The lowest BCUT2D eigenvalue weighted by atomic mass is 9.94. The number of hydrogen-bond donors (Lipinski definition) is 1. The second-order valence-electron chi connectivity index (χ2n) is 4.31. The molecule has 1 aliphatic heterocycles. The molecular weight excluding hydrogens is 170 g/mol. The van der Waals surface area contributed by atoms with Crippen LogP contribution in [0.4, 0.5) is 0 Å². The third-order valence-corrected chi connectivity index (χ3v) is 3.32. The van der Waals surface area contributed by atoms with Gasteiger partial charge in [0.25, 0.3) is 0 Å². The van der Waals surface area contributed by atoms with E-state index in [9.17, 15) is 0 Å². The molecule has 0 radical (unpaired) electrons. The topological polar surface area (TPSA) is 12.0 Å². The molecule has 0 aromatic heterocycles. The first kappa shape index (κ1) is 9.72. The molecule has 1 aromatic rings. The van der Waals surface area contributed by atoms with Crippen molar-refractivity contribution in [3.63, 3.8) is 0 Å². The van der Waals surface area contributed by atoms with E-state index in [2.05, 4.69) is 43.4 Å². The fourth-order valence-corrected chi connectivity index (χ4v) is 2.27. The molecule has 0 saturated heterocycles. The monoisotopic (exact) mass is 189 g/mol. The van der Waals surface area contributed by atoms with E-state index in [-0.39, 0.29) is 0 Å². The molecule has 2 atom stereocenters. The molecule has 1 heterocycles. The highest BCUT2D eigenvalue weighted by Crippen LogP contribution is 2.25. The van der Waals surface area contributed by atoms with Crippen molar-refractivity contribution < 1.29 is 0 Å². The summed E-state index contributed by atoms with van der Waals surface area (Å²) in [5.41, 5.74) is 3.03. The Balaban J connectivity index is 2.31. The van der Waals surface area contributed by atoms with E-state index < -0.39 is 0 Å². The predicted octanol–water partition coefficient (Wildman–Crippen LogP) is 2.92. The van der Waals surface area contributed by atoms with Crippen LogP contribution in [-0.2, 0) is 6.42 Å². The second kappa shape index (κ2) is 4.14. The van der Waals surface area contributed by atoms with Crippen LogP contribution < -0.4 is 5.32 Å². The molecular formula is C13H19N. The molecule has 2 unspecified atom stereocenters. The van der Waals surface area contributed by atoms with Gasteiger partial charge in [-0.2, -0.15) is 0 Å². The fourth-order valence-electron chi connectivity index (χ4n) is 2.27. The zero-order chi connectivity index (χ0) is 9.97. The van der Waals surface area contributed by atoms with Gasteiger partial charge in [0.2, 0.25) is 0 Å². The van der Waals surface area contributed by atoms with Crippen LogP contribution in [0, 0.1) is 5.92 Å². The SMILES string of the molecule is CCC1CNC(C)c2ccccc2C1. The largest absolute Gasteiger partial charge is 0.310 e. The smallest absolute Gasteiger partial charge is 0.0294 e. The predicted molar refractivity (Wildman–Crippen MR) is 60.3 cm³/mol. The van der Waals surface area contributed by atoms with Crippen LogP contribution in [0.1, 0.15) is 37.4 Å². The van der Waals surface area contributed by atoms with Crippen molar-refractivity contribution >= 4 is 0 Å². The van der Waals surface area contributed by atoms with Gasteiger partial charge in [-0.1, -0.05) is 37.6 Å². The van der Waals surface area contributed by atoms with E-state index in [1.807, 2.05) is 0 Å². The van der Waals surface area contributed by atoms with E-state index in [0.717, 1.165) is 12.5 Å². The van der Waals surface area contributed by atoms with Gasteiger partial charge in [0.15, 0.2) is 0 Å². The highest BCUT2D eigenvalue weighted by molar-refractivity contribution is 5.31. The summed E-state index contributed by atoms with van der Waals surface area (Å²) >= 11 is 0. The Hall–Kier alpha value is -0.820. The number of benzene rings is 1. The molecule has 0 bridgehead atoms. The quantitative estimate of drug-likeness (QED) is 0.716. The van der Waals surface area contributed by atoms with Crippen molar-refractivity contribution in [3.8, 4) is 0 Å². The van der Waals surface area contributed by atoms with Crippen molar-refractivity contribution in [2.45, 2.75) is 32.7 Å². The van der Waals surface area contributed by atoms with E-state index in [4.69, 9.17) is 0 Å². The number of hydrogen-bond acceptors (Lipinski definition) is 1. The van der Waals surface area contributed by atoms with Crippen molar-refractivity contribution in [2.75, 3.05) is 6.54 Å². The third-order valence-electron chi connectivity index (χ3n) is 3.32. The summed E-state index contributed by atoms with van der Waals surface area (Å²) in [4.78, 5) is 0. The van der Waals surface area contributed by atoms with E-state index >= 15 is 0 Å². The van der Waals surface area contributed by atoms with Crippen molar-refractivity contribution in [3.05, 3.63) is 35.4 Å². The van der Waals surface area contributed by atoms with Crippen LogP contribution in [-0.4, -0.2) is 6.54 Å². The van der Waals surface area contributed by atoms with Crippen LogP contribution in [0.2, 0.25) is 0 Å². The Labute approximate surface area is 86.5 Å². The van der Waals surface area contributed by atoms with Crippen molar-refractivity contribution in [1.29, 1.82) is 0 Å². The molecule has 1 heteroatoms. The first-order chi connectivity index (χ1) is 6.81. The molecule has 14 heavy (non-hydrogen) atoms. The minimum absolute atomic E-state index is 0.516. The van der Waals surface area contributed by atoms with Crippen LogP contribution >= 0.6 is 0 Å². The molecule has 1 aromatic carbocycles. The molecule has 1 nitrogen and oxygen atoms in total. The van der Waals surface area contributed by atoms with E-state index in [1.165, 1.54) is 24.0 Å². The van der Waals surface area contributed by atoms with Gasteiger partial charge in [0.1, 0.15) is 0 Å². The Morgan fingerprint density at radius 3 is 2.93 bits per heavy atom. The minimum Gasteiger partial charge on any atom is -0.310 e. The van der Waals surface area contributed by atoms with Crippen LogP contribution in [0.25, 0.3) is 0 Å². The summed E-state index contributed by atoms with van der Waals surface area (Å²) < 4.78 is 0. The summed E-state index contributed by atoms with van der Waals surface area (Å²) in [6.07, 6.45) is 2.51. The number of fused-ring (bicyclic) bond motifs is 1. The molecule has 1 N–H and O–H groups in total. The molecule has 0 spiro atoms. The molecule has 76 valence electrons. The summed E-state index contributed by atoms with van der Waals surface area (Å²) in [7, 11) is 0. The zero-order valence-corrected chi connectivity index (χ0v) is 9.09. The van der Waals surface area contributed by atoms with Gasteiger partial charge in [0, 0.05) is 6.04 Å². The molecule has 0 saturated carbocycles. The summed E-state index contributed by atoms with van der Waals surface area (Å²) in [5, 5.41) is 3.60. The maximum absolute atomic E-state index is 3.60. The highest BCUT2D eigenvalue weighted by Gasteiger charge is 2.18. The van der Waals surface area contributed by atoms with Crippen molar-refractivity contribution in [1.82, 2.24) is 5.32 Å². The Morgan fingerprint density at radius 1 is 1.36 bits per heavy atom. The summed E-state index contributed by atoms with van der Waals surface area (Å²) in [5.74, 6) is 0.807. The fraction of sp³-hybridized carbons (Fsp3) is 0.538. The van der Waals surface area contributed by atoms with Gasteiger partial charge in [0.05, 0.1) is 0 Å². The van der Waals surface area contributed by atoms with E-state index in [1.54, 1.807) is 0 Å². The summed E-state index contributed by atoms with van der Waals surface area (Å²) in [6, 6.07) is 9.35. The highest BCUT2D eigenvalue weighted by atomic mass is 14.9. The normalized spacial score (nSPS) is 26.7. The average Bonchev–Trinajstić information content (AvgIpc) is 2.39. The first-order valence-corrected chi connectivity index (χ1v) is 5.62. The lowest BCUT2D eigenvalue weighted by molar-refractivity contribution is 0.453. The van der Waals surface area contributed by atoms with Gasteiger partial charge < -0.3 is 5.32 Å². The zero-order valence-electron chi connectivity index (χ0n) is 9.09. The maximum Gasteiger partial charge on any atom is 0.0294 e. The summed E-state index contributed by atoms with van der Waals surface area (Å²) in [6.45, 7) is 5.70. The van der Waals surface area contributed by atoms with Gasteiger partial charge in [-0.05, 0) is 36.9 Å². The lowest BCUT2D eigenvalue weighted by Crippen LogP contribution is -2.22. The van der Waals surface area contributed by atoms with Gasteiger partial charge >= 0.3 is 0 Å². The Kier molecular flexibility index (Phi) is 2.87. The second-order valence-corrected chi connectivity index (χ2v) is 4.31. The van der Waals surface area contributed by atoms with Gasteiger partial charge in [-0.3, -0.25) is 0 Å². The molecule has 2 rings (SSSR count). The lowest BCUT2D eigenvalue weighted by Gasteiger charge is -2.13. The molecule has 0 amide bonds. The average molecular weight is 189 g/mol. The number of nitrogens with one attached hydrogen (secondary N) is 1. The van der Waals surface area contributed by atoms with Crippen molar-refractivity contribution in [2.24, 2.45) is 5.92 Å². The maximum atomic E-state index is 3.60. The molecule has 1 aliphatic rings. The van der Waals surface area contributed by atoms with Crippen LogP contribution in [0.5, 0.6) is 0 Å². The molecule has 0 aliphatic carbocycles. The Bertz CT molecular complexity index is 306.